The average Bonchev–Trinajstić information content (AvgIpc) is 2.78. The van der Waals surface area contributed by atoms with Gasteiger partial charge in [0.2, 0.25) is 11.1 Å². The summed E-state index contributed by atoms with van der Waals surface area (Å²) in [6.07, 6.45) is 0. The van der Waals surface area contributed by atoms with E-state index in [1.165, 1.54) is 6.07 Å². The van der Waals surface area contributed by atoms with Crippen molar-refractivity contribution in [2.45, 2.75) is 0 Å². The van der Waals surface area contributed by atoms with Crippen molar-refractivity contribution in [2.75, 3.05) is 0 Å². The summed E-state index contributed by atoms with van der Waals surface area (Å²) in [5.41, 5.74) is 0.566. The van der Waals surface area contributed by atoms with Gasteiger partial charge in [0.15, 0.2) is 5.65 Å². The molecule has 0 fully saturated rings. The third-order valence-corrected chi connectivity index (χ3v) is 3.11. The Morgan fingerprint density at radius 1 is 1.00 bits per heavy atom. The highest BCUT2D eigenvalue weighted by atomic mass is 16.3. The molecule has 3 aromatic heterocycles. The van der Waals surface area contributed by atoms with Gasteiger partial charge in [0.05, 0.1) is 16.2 Å². The standard InChI is InChI=1S/C13H7N3O3/c17-10-6-3-1-2-4-9(6)19-13-7(10)5-8-11(14-13)15-16-12(8)18/h1-5H,(H2,14,15,16,18). The number of aromatic amines is 2. The Balaban J connectivity index is 2.34. The van der Waals surface area contributed by atoms with Crippen LogP contribution in [0.25, 0.3) is 33.1 Å². The van der Waals surface area contributed by atoms with Crippen LogP contribution < -0.4 is 11.0 Å². The summed E-state index contributed by atoms with van der Waals surface area (Å²) in [5, 5.41) is 6.18. The van der Waals surface area contributed by atoms with Crippen LogP contribution in [0.3, 0.4) is 0 Å². The second kappa shape index (κ2) is 3.32. The molecule has 92 valence electrons. The Labute approximate surface area is 104 Å². The number of H-pyrrole nitrogens is 2. The van der Waals surface area contributed by atoms with Crippen LogP contribution in [0.2, 0.25) is 0 Å². The molecule has 1 aromatic carbocycles. The summed E-state index contributed by atoms with van der Waals surface area (Å²) in [6.45, 7) is 0. The van der Waals surface area contributed by atoms with Gasteiger partial charge in [0, 0.05) is 0 Å². The SMILES string of the molecule is O=c1[nH][nH]c2nc3oc4ccccc4c(=O)c3cc12. The van der Waals surface area contributed by atoms with E-state index in [0.29, 0.717) is 27.4 Å². The molecule has 0 saturated carbocycles. The lowest BCUT2D eigenvalue weighted by Crippen LogP contribution is -2.04. The van der Waals surface area contributed by atoms with Gasteiger partial charge in [-0.05, 0) is 18.2 Å². The Kier molecular flexibility index (Phi) is 1.76. The number of hydrogen-bond acceptors (Lipinski definition) is 4. The van der Waals surface area contributed by atoms with Crippen LogP contribution in [0.4, 0.5) is 0 Å². The number of benzene rings is 1. The van der Waals surface area contributed by atoms with Gasteiger partial charge in [0.1, 0.15) is 5.58 Å². The molecule has 0 unspecified atom stereocenters. The van der Waals surface area contributed by atoms with Crippen molar-refractivity contribution in [3.8, 4) is 0 Å². The zero-order valence-corrected chi connectivity index (χ0v) is 9.56. The van der Waals surface area contributed by atoms with E-state index < -0.39 is 0 Å². The van der Waals surface area contributed by atoms with E-state index in [-0.39, 0.29) is 16.7 Å². The zero-order chi connectivity index (χ0) is 13.0. The molecular weight excluding hydrogens is 246 g/mol. The molecule has 0 spiro atoms. The van der Waals surface area contributed by atoms with Crippen LogP contribution in [-0.4, -0.2) is 15.2 Å². The molecule has 4 rings (SSSR count). The first kappa shape index (κ1) is 10.1. The van der Waals surface area contributed by atoms with Gasteiger partial charge >= 0.3 is 0 Å². The van der Waals surface area contributed by atoms with Gasteiger partial charge in [-0.2, -0.15) is 4.98 Å². The molecule has 0 radical (unpaired) electrons. The lowest BCUT2D eigenvalue weighted by molar-refractivity contribution is 0.646. The summed E-state index contributed by atoms with van der Waals surface area (Å²) in [7, 11) is 0. The van der Waals surface area contributed by atoms with Crippen molar-refractivity contribution in [1.82, 2.24) is 15.2 Å². The smallest absolute Gasteiger partial charge is 0.273 e. The maximum Gasteiger partial charge on any atom is 0.273 e. The third kappa shape index (κ3) is 1.28. The highest BCUT2D eigenvalue weighted by molar-refractivity contribution is 5.93. The number of aromatic nitrogens is 3. The highest BCUT2D eigenvalue weighted by Gasteiger charge is 2.11. The first-order valence-electron chi connectivity index (χ1n) is 5.67. The van der Waals surface area contributed by atoms with E-state index >= 15 is 0 Å². The molecule has 4 aromatic rings. The first-order chi connectivity index (χ1) is 9.24. The van der Waals surface area contributed by atoms with E-state index in [2.05, 4.69) is 15.2 Å². The van der Waals surface area contributed by atoms with Gasteiger partial charge in [-0.1, -0.05) is 12.1 Å². The molecule has 6 heteroatoms. The molecule has 3 heterocycles. The molecule has 0 aliphatic carbocycles. The van der Waals surface area contributed by atoms with Crippen molar-refractivity contribution < 1.29 is 4.42 Å². The molecule has 6 nitrogen and oxygen atoms in total. The summed E-state index contributed by atoms with van der Waals surface area (Å²) in [5.74, 6) is 0. The van der Waals surface area contributed by atoms with Crippen molar-refractivity contribution >= 4 is 33.1 Å². The molecule has 0 amide bonds. The fraction of sp³-hybridized carbons (Fsp3) is 0. The second-order valence-electron chi connectivity index (χ2n) is 4.24. The maximum atomic E-state index is 12.3. The van der Waals surface area contributed by atoms with E-state index in [0.717, 1.165) is 0 Å². The van der Waals surface area contributed by atoms with Gasteiger partial charge < -0.3 is 4.42 Å². The number of hydrogen-bond donors (Lipinski definition) is 2. The van der Waals surface area contributed by atoms with Gasteiger partial charge in [0.25, 0.3) is 5.56 Å². The second-order valence-corrected chi connectivity index (χ2v) is 4.24. The van der Waals surface area contributed by atoms with Crippen LogP contribution >= 0.6 is 0 Å². The predicted octanol–water partition coefficient (Wildman–Crippen LogP) is 1.51. The largest absolute Gasteiger partial charge is 0.437 e. The quantitative estimate of drug-likeness (QED) is 0.465. The summed E-state index contributed by atoms with van der Waals surface area (Å²) < 4.78 is 5.60. The minimum atomic E-state index is -0.308. The summed E-state index contributed by atoms with van der Waals surface area (Å²) in [4.78, 5) is 28.0. The molecule has 0 aliphatic heterocycles. The third-order valence-electron chi connectivity index (χ3n) is 3.11. The minimum absolute atomic E-state index is 0.188. The molecule has 0 atom stereocenters. The monoisotopic (exact) mass is 253 g/mol. The zero-order valence-electron chi connectivity index (χ0n) is 9.56. The number of para-hydroxylation sites is 1. The van der Waals surface area contributed by atoms with Crippen LogP contribution in [0, 0.1) is 0 Å². The highest BCUT2D eigenvalue weighted by Crippen LogP contribution is 2.18. The molecule has 0 bridgehead atoms. The number of nitrogens with zero attached hydrogens (tertiary/aromatic N) is 1. The number of fused-ring (bicyclic) bond motifs is 3. The lowest BCUT2D eigenvalue weighted by Gasteiger charge is -1.99. The first-order valence-corrected chi connectivity index (χ1v) is 5.67. The van der Waals surface area contributed by atoms with Gasteiger partial charge in [-0.3, -0.25) is 19.8 Å². The van der Waals surface area contributed by atoms with E-state index in [9.17, 15) is 9.59 Å². The van der Waals surface area contributed by atoms with E-state index in [1.807, 2.05) is 0 Å². The Bertz CT molecular complexity index is 1060. The Morgan fingerprint density at radius 3 is 2.74 bits per heavy atom. The van der Waals surface area contributed by atoms with Crippen LogP contribution in [0.5, 0.6) is 0 Å². The van der Waals surface area contributed by atoms with Crippen molar-refractivity contribution in [3.63, 3.8) is 0 Å². The van der Waals surface area contributed by atoms with Crippen molar-refractivity contribution in [1.29, 1.82) is 0 Å². The molecule has 0 saturated heterocycles. The Morgan fingerprint density at radius 2 is 1.84 bits per heavy atom. The fourth-order valence-electron chi connectivity index (χ4n) is 2.18. The number of pyridine rings is 1. The van der Waals surface area contributed by atoms with Crippen LogP contribution in [0.1, 0.15) is 0 Å². The molecule has 19 heavy (non-hydrogen) atoms. The predicted molar refractivity (Wildman–Crippen MR) is 70.3 cm³/mol. The summed E-state index contributed by atoms with van der Waals surface area (Å²) in [6, 6.07) is 8.45. The van der Waals surface area contributed by atoms with Gasteiger partial charge in [-0.25, -0.2) is 0 Å². The van der Waals surface area contributed by atoms with Gasteiger partial charge in [-0.15, -0.1) is 0 Å². The number of nitrogens with one attached hydrogen (secondary N) is 2. The topological polar surface area (TPSA) is 91.8 Å². The molecule has 0 aliphatic rings. The Hall–Kier alpha value is -2.89. The van der Waals surface area contributed by atoms with E-state index in [4.69, 9.17) is 4.42 Å². The average molecular weight is 253 g/mol. The minimum Gasteiger partial charge on any atom is -0.437 e. The van der Waals surface area contributed by atoms with Crippen molar-refractivity contribution in [2.24, 2.45) is 0 Å². The molecular formula is C13H7N3O3. The summed E-state index contributed by atoms with van der Waals surface area (Å²) >= 11 is 0. The normalized spacial score (nSPS) is 11.6. The van der Waals surface area contributed by atoms with Crippen LogP contribution in [-0.2, 0) is 0 Å². The van der Waals surface area contributed by atoms with Crippen molar-refractivity contribution in [3.05, 3.63) is 50.9 Å². The van der Waals surface area contributed by atoms with E-state index in [1.54, 1.807) is 24.3 Å². The van der Waals surface area contributed by atoms with Crippen LogP contribution in [0.15, 0.2) is 44.3 Å². The fourth-order valence-corrected chi connectivity index (χ4v) is 2.18. The maximum absolute atomic E-state index is 12.3. The lowest BCUT2D eigenvalue weighted by atomic mass is 10.1. The molecule has 2 N–H and O–H groups in total. The number of rotatable bonds is 0.